The van der Waals surface area contributed by atoms with E-state index in [0.717, 1.165) is 0 Å². The number of anilines is 1. The number of amides is 2. The van der Waals surface area contributed by atoms with Crippen molar-refractivity contribution in [1.82, 2.24) is 5.43 Å². The minimum atomic E-state index is -0.478. The van der Waals surface area contributed by atoms with Gasteiger partial charge in [0.1, 0.15) is 5.75 Å². The third-order valence-corrected chi connectivity index (χ3v) is 2.63. The Labute approximate surface area is 120 Å². The summed E-state index contributed by atoms with van der Waals surface area (Å²) >= 11 is 5.79. The van der Waals surface area contributed by atoms with E-state index in [4.69, 9.17) is 11.6 Å². The number of phenolic OH excluding ortho intramolecular Hbond substituents is 1. The lowest BCUT2D eigenvalue weighted by molar-refractivity contribution is 0.252. The molecule has 0 radical (unpaired) electrons. The average molecular weight is 290 g/mol. The number of urea groups is 1. The second kappa shape index (κ2) is 6.58. The summed E-state index contributed by atoms with van der Waals surface area (Å²) in [4.78, 5) is 11.5. The first-order valence-electron chi connectivity index (χ1n) is 5.79. The molecular weight excluding hydrogens is 278 g/mol. The van der Waals surface area contributed by atoms with Gasteiger partial charge in [0.25, 0.3) is 0 Å². The highest BCUT2D eigenvalue weighted by atomic mass is 35.5. The van der Waals surface area contributed by atoms with Crippen molar-refractivity contribution in [2.24, 2.45) is 5.10 Å². The van der Waals surface area contributed by atoms with E-state index in [0.29, 0.717) is 16.3 Å². The van der Waals surface area contributed by atoms with Crippen molar-refractivity contribution in [1.29, 1.82) is 0 Å². The van der Waals surface area contributed by atoms with Crippen LogP contribution >= 0.6 is 11.6 Å². The predicted molar refractivity (Wildman–Crippen MR) is 79.3 cm³/mol. The molecule has 0 fully saturated rings. The average Bonchev–Trinajstić information content (AvgIpc) is 2.44. The maximum atomic E-state index is 11.5. The molecule has 0 saturated heterocycles. The fourth-order valence-corrected chi connectivity index (χ4v) is 1.65. The molecule has 2 rings (SSSR count). The Morgan fingerprint density at radius 3 is 2.70 bits per heavy atom. The van der Waals surface area contributed by atoms with Crippen molar-refractivity contribution < 1.29 is 9.90 Å². The van der Waals surface area contributed by atoms with E-state index in [1.807, 2.05) is 18.2 Å². The molecule has 0 atom stereocenters. The van der Waals surface area contributed by atoms with E-state index >= 15 is 0 Å². The van der Waals surface area contributed by atoms with Gasteiger partial charge in [0.05, 0.1) is 6.21 Å². The van der Waals surface area contributed by atoms with E-state index in [1.165, 1.54) is 18.3 Å². The fraction of sp³-hybridized carbons (Fsp3) is 0. The van der Waals surface area contributed by atoms with Crippen LogP contribution in [0.3, 0.4) is 0 Å². The number of rotatable bonds is 3. The molecule has 5 nitrogen and oxygen atoms in total. The monoisotopic (exact) mass is 289 g/mol. The van der Waals surface area contributed by atoms with Crippen LogP contribution in [-0.4, -0.2) is 17.4 Å². The summed E-state index contributed by atoms with van der Waals surface area (Å²) in [6.07, 6.45) is 1.31. The largest absolute Gasteiger partial charge is 0.507 e. The van der Waals surface area contributed by atoms with Crippen molar-refractivity contribution in [3.8, 4) is 5.75 Å². The van der Waals surface area contributed by atoms with Gasteiger partial charge in [-0.3, -0.25) is 0 Å². The Morgan fingerprint density at radius 2 is 1.95 bits per heavy atom. The maximum absolute atomic E-state index is 11.5. The minimum Gasteiger partial charge on any atom is -0.507 e. The van der Waals surface area contributed by atoms with Crippen molar-refractivity contribution >= 4 is 29.5 Å². The number of aromatic hydroxyl groups is 1. The molecule has 0 aromatic heterocycles. The van der Waals surface area contributed by atoms with Gasteiger partial charge >= 0.3 is 6.03 Å². The number of hydrazone groups is 1. The first kappa shape index (κ1) is 13.9. The lowest BCUT2D eigenvalue weighted by atomic mass is 10.2. The zero-order chi connectivity index (χ0) is 14.4. The first-order chi connectivity index (χ1) is 9.65. The van der Waals surface area contributed by atoms with Crippen LogP contribution in [0.1, 0.15) is 5.56 Å². The van der Waals surface area contributed by atoms with Gasteiger partial charge in [-0.25, -0.2) is 10.2 Å². The normalized spacial score (nSPS) is 10.4. The summed E-state index contributed by atoms with van der Waals surface area (Å²) in [6.45, 7) is 0. The van der Waals surface area contributed by atoms with Gasteiger partial charge in [-0.1, -0.05) is 29.8 Å². The van der Waals surface area contributed by atoms with Crippen LogP contribution in [0.2, 0.25) is 5.02 Å². The first-order valence-corrected chi connectivity index (χ1v) is 6.16. The molecule has 0 saturated carbocycles. The lowest BCUT2D eigenvalue weighted by Gasteiger charge is -2.03. The number of carbonyl (C=O) groups excluding carboxylic acids is 1. The SMILES string of the molecule is O=C(NN=Cc1cc(Cl)ccc1O)Nc1ccccc1. The number of halogens is 1. The number of hydrogen-bond acceptors (Lipinski definition) is 3. The Balaban J connectivity index is 1.93. The van der Waals surface area contributed by atoms with Gasteiger partial charge in [0.2, 0.25) is 0 Å². The van der Waals surface area contributed by atoms with Crippen LogP contribution in [0.15, 0.2) is 53.6 Å². The lowest BCUT2D eigenvalue weighted by Crippen LogP contribution is -2.24. The highest BCUT2D eigenvalue weighted by Crippen LogP contribution is 2.19. The summed E-state index contributed by atoms with van der Waals surface area (Å²) in [6, 6.07) is 13.1. The minimum absolute atomic E-state index is 0.0309. The highest BCUT2D eigenvalue weighted by Gasteiger charge is 2.00. The molecule has 2 aromatic carbocycles. The van der Waals surface area contributed by atoms with E-state index in [-0.39, 0.29) is 5.75 Å². The van der Waals surface area contributed by atoms with E-state index < -0.39 is 6.03 Å². The van der Waals surface area contributed by atoms with Crippen molar-refractivity contribution in [3.63, 3.8) is 0 Å². The van der Waals surface area contributed by atoms with Gasteiger partial charge in [-0.2, -0.15) is 5.10 Å². The second-order valence-corrected chi connectivity index (χ2v) is 4.33. The fourth-order valence-electron chi connectivity index (χ4n) is 1.47. The molecule has 0 aliphatic heterocycles. The van der Waals surface area contributed by atoms with Crippen LogP contribution < -0.4 is 10.7 Å². The Kier molecular flexibility index (Phi) is 4.57. The number of para-hydroxylation sites is 1. The molecule has 6 heteroatoms. The molecule has 0 bridgehead atoms. The molecular formula is C14H12ClN3O2. The molecule has 3 N–H and O–H groups in total. The van der Waals surface area contributed by atoms with Crippen molar-refractivity contribution in [2.75, 3.05) is 5.32 Å². The molecule has 20 heavy (non-hydrogen) atoms. The van der Waals surface area contributed by atoms with Gasteiger partial charge < -0.3 is 10.4 Å². The number of nitrogens with zero attached hydrogens (tertiary/aromatic N) is 1. The topological polar surface area (TPSA) is 73.7 Å². The molecule has 0 aliphatic carbocycles. The number of phenols is 1. The summed E-state index contributed by atoms with van der Waals surface area (Å²) in [5.74, 6) is 0.0309. The van der Waals surface area contributed by atoms with Gasteiger partial charge in [-0.05, 0) is 30.3 Å². The van der Waals surface area contributed by atoms with Gasteiger partial charge in [0, 0.05) is 16.3 Å². The number of hydrogen-bond donors (Lipinski definition) is 3. The summed E-state index contributed by atoms with van der Waals surface area (Å²) in [5.41, 5.74) is 3.36. The standard InChI is InChI=1S/C14H12ClN3O2/c15-11-6-7-13(19)10(8-11)9-16-18-14(20)17-12-4-2-1-3-5-12/h1-9,19H,(H2,17,18,20). The molecule has 0 aliphatic rings. The van der Waals surface area contributed by atoms with Gasteiger partial charge in [-0.15, -0.1) is 0 Å². The van der Waals surface area contributed by atoms with Crippen LogP contribution in [-0.2, 0) is 0 Å². The molecule has 102 valence electrons. The maximum Gasteiger partial charge on any atom is 0.339 e. The van der Waals surface area contributed by atoms with Crippen LogP contribution in [0, 0.1) is 0 Å². The molecule has 2 amide bonds. The van der Waals surface area contributed by atoms with Crippen molar-refractivity contribution in [3.05, 3.63) is 59.1 Å². The molecule has 2 aromatic rings. The van der Waals surface area contributed by atoms with Crippen LogP contribution in [0.25, 0.3) is 0 Å². The Morgan fingerprint density at radius 1 is 1.20 bits per heavy atom. The van der Waals surface area contributed by atoms with E-state index in [9.17, 15) is 9.90 Å². The third-order valence-electron chi connectivity index (χ3n) is 2.39. The quantitative estimate of drug-likeness (QED) is 0.599. The highest BCUT2D eigenvalue weighted by molar-refractivity contribution is 6.30. The van der Waals surface area contributed by atoms with Crippen LogP contribution in [0.4, 0.5) is 10.5 Å². The molecule has 0 spiro atoms. The summed E-state index contributed by atoms with van der Waals surface area (Å²) < 4.78 is 0. The number of nitrogens with one attached hydrogen (secondary N) is 2. The zero-order valence-corrected chi connectivity index (χ0v) is 11.1. The Bertz CT molecular complexity index is 630. The van der Waals surface area contributed by atoms with Crippen LogP contribution in [0.5, 0.6) is 5.75 Å². The number of carbonyl (C=O) groups is 1. The smallest absolute Gasteiger partial charge is 0.339 e. The van der Waals surface area contributed by atoms with E-state index in [1.54, 1.807) is 18.2 Å². The van der Waals surface area contributed by atoms with Gasteiger partial charge in [0.15, 0.2) is 0 Å². The third kappa shape index (κ3) is 4.00. The van der Waals surface area contributed by atoms with Crippen molar-refractivity contribution in [2.45, 2.75) is 0 Å². The Hall–Kier alpha value is -2.53. The molecule has 0 unspecified atom stereocenters. The summed E-state index contributed by atoms with van der Waals surface area (Å²) in [5, 5.41) is 16.4. The van der Waals surface area contributed by atoms with E-state index in [2.05, 4.69) is 15.8 Å². The molecule has 0 heterocycles. The zero-order valence-electron chi connectivity index (χ0n) is 10.4. The second-order valence-electron chi connectivity index (χ2n) is 3.89. The number of benzene rings is 2. The summed E-state index contributed by atoms with van der Waals surface area (Å²) in [7, 11) is 0. The predicted octanol–water partition coefficient (Wildman–Crippen LogP) is 3.20.